The van der Waals surface area contributed by atoms with Crippen molar-refractivity contribution in [2.45, 2.75) is 33.3 Å². The first kappa shape index (κ1) is 13.3. The van der Waals surface area contributed by atoms with Gasteiger partial charge in [0.25, 0.3) is 5.91 Å². The summed E-state index contributed by atoms with van der Waals surface area (Å²) in [6.45, 7) is 7.25. The van der Waals surface area contributed by atoms with Crippen LogP contribution in [0.3, 0.4) is 0 Å². The van der Waals surface area contributed by atoms with Gasteiger partial charge in [-0.15, -0.1) is 0 Å². The van der Waals surface area contributed by atoms with Crippen LogP contribution in [0.2, 0.25) is 0 Å². The van der Waals surface area contributed by atoms with Crippen LogP contribution in [0.15, 0.2) is 35.4 Å². The van der Waals surface area contributed by atoms with Crippen LogP contribution in [0.4, 0.5) is 5.69 Å². The summed E-state index contributed by atoms with van der Waals surface area (Å²) in [4.78, 5) is 23.9. The maximum absolute atomic E-state index is 12.1. The number of carbonyl (C=O) groups is 2. The molecule has 0 atom stereocenters. The zero-order chi connectivity index (χ0) is 14.2. The molecule has 19 heavy (non-hydrogen) atoms. The van der Waals surface area contributed by atoms with Gasteiger partial charge in [-0.05, 0) is 45.4 Å². The molecule has 1 aromatic rings. The molecule has 0 saturated carbocycles. The molecule has 4 nitrogen and oxygen atoms in total. The van der Waals surface area contributed by atoms with Gasteiger partial charge >= 0.3 is 5.97 Å². The first-order valence-electron chi connectivity index (χ1n) is 6.14. The zero-order valence-electron chi connectivity index (χ0n) is 11.5. The van der Waals surface area contributed by atoms with Crippen LogP contribution in [-0.4, -0.2) is 17.5 Å². The van der Waals surface area contributed by atoms with Crippen molar-refractivity contribution in [1.29, 1.82) is 0 Å². The Balaban J connectivity index is 2.23. The van der Waals surface area contributed by atoms with Crippen LogP contribution >= 0.6 is 0 Å². The van der Waals surface area contributed by atoms with E-state index in [1.807, 2.05) is 19.1 Å². The van der Waals surface area contributed by atoms with Crippen molar-refractivity contribution in [3.05, 3.63) is 41.0 Å². The Morgan fingerprint density at radius 3 is 2.21 bits per heavy atom. The van der Waals surface area contributed by atoms with Crippen LogP contribution in [-0.2, 0) is 14.3 Å². The van der Waals surface area contributed by atoms with Crippen molar-refractivity contribution in [2.24, 2.45) is 0 Å². The highest BCUT2D eigenvalue weighted by atomic mass is 16.6. The summed E-state index contributed by atoms with van der Waals surface area (Å²) in [6.07, 6.45) is 0. The second-order valence-electron chi connectivity index (χ2n) is 5.22. The van der Waals surface area contributed by atoms with E-state index in [1.54, 1.807) is 32.9 Å². The van der Waals surface area contributed by atoms with Crippen molar-refractivity contribution in [3.63, 3.8) is 0 Å². The molecule has 0 radical (unpaired) electrons. The molecular formula is C15H17NO3. The Kier molecular flexibility index (Phi) is 3.18. The number of aryl methyl sites for hydroxylation is 1. The number of hydrogen-bond acceptors (Lipinski definition) is 3. The minimum absolute atomic E-state index is 0.102. The summed E-state index contributed by atoms with van der Waals surface area (Å²) >= 11 is 0. The van der Waals surface area contributed by atoms with E-state index in [0.29, 0.717) is 11.3 Å². The Bertz CT molecular complexity index is 568. The van der Waals surface area contributed by atoms with E-state index < -0.39 is 17.5 Å². The van der Waals surface area contributed by atoms with Gasteiger partial charge < -0.3 is 10.1 Å². The Morgan fingerprint density at radius 2 is 1.74 bits per heavy atom. The summed E-state index contributed by atoms with van der Waals surface area (Å²) in [5.74, 6) is -0.982. The van der Waals surface area contributed by atoms with Crippen molar-refractivity contribution < 1.29 is 14.3 Å². The van der Waals surface area contributed by atoms with Gasteiger partial charge in [0.2, 0.25) is 0 Å². The van der Waals surface area contributed by atoms with Crippen LogP contribution in [0.5, 0.6) is 0 Å². The van der Waals surface area contributed by atoms with E-state index in [9.17, 15) is 9.59 Å². The number of esters is 1. The SMILES string of the molecule is CC1=C(C(=O)Nc2ccc(C)cc2)C(=O)OC1(C)C. The number of anilines is 1. The number of amides is 1. The van der Waals surface area contributed by atoms with Gasteiger partial charge in [0, 0.05) is 5.69 Å². The molecule has 1 aliphatic rings. The van der Waals surface area contributed by atoms with E-state index >= 15 is 0 Å². The number of nitrogens with one attached hydrogen (secondary N) is 1. The minimum atomic E-state index is -0.711. The van der Waals surface area contributed by atoms with Gasteiger partial charge in [-0.3, -0.25) is 4.79 Å². The lowest BCUT2D eigenvalue weighted by Crippen LogP contribution is -2.21. The molecule has 0 spiro atoms. The molecule has 1 N–H and O–H groups in total. The summed E-state index contributed by atoms with van der Waals surface area (Å²) in [5.41, 5.74) is 1.81. The highest BCUT2D eigenvalue weighted by molar-refractivity contribution is 6.23. The largest absolute Gasteiger partial charge is 0.451 e. The smallest absolute Gasteiger partial charge is 0.344 e. The average molecular weight is 259 g/mol. The molecule has 1 heterocycles. The van der Waals surface area contributed by atoms with E-state index in [0.717, 1.165) is 5.56 Å². The van der Waals surface area contributed by atoms with Crippen LogP contribution < -0.4 is 5.32 Å². The Morgan fingerprint density at radius 1 is 1.16 bits per heavy atom. The normalized spacial score (nSPS) is 17.4. The first-order chi connectivity index (χ1) is 8.81. The van der Waals surface area contributed by atoms with Gasteiger partial charge in [0.05, 0.1) is 0 Å². The second-order valence-corrected chi connectivity index (χ2v) is 5.22. The van der Waals surface area contributed by atoms with E-state index in [-0.39, 0.29) is 5.57 Å². The summed E-state index contributed by atoms with van der Waals surface area (Å²) < 4.78 is 5.18. The molecule has 4 heteroatoms. The monoisotopic (exact) mass is 259 g/mol. The summed E-state index contributed by atoms with van der Waals surface area (Å²) in [6, 6.07) is 7.39. The third-order valence-corrected chi connectivity index (χ3v) is 3.37. The average Bonchev–Trinajstić information content (AvgIpc) is 2.51. The molecule has 0 bridgehead atoms. The van der Waals surface area contributed by atoms with Crippen molar-refractivity contribution in [1.82, 2.24) is 0 Å². The van der Waals surface area contributed by atoms with E-state index in [2.05, 4.69) is 5.32 Å². The minimum Gasteiger partial charge on any atom is -0.451 e. The van der Waals surface area contributed by atoms with Crippen molar-refractivity contribution in [2.75, 3.05) is 5.32 Å². The predicted octanol–water partition coefficient (Wildman–Crippen LogP) is 2.59. The lowest BCUT2D eigenvalue weighted by Gasteiger charge is -2.17. The van der Waals surface area contributed by atoms with Gasteiger partial charge in [-0.2, -0.15) is 0 Å². The maximum atomic E-state index is 12.1. The van der Waals surface area contributed by atoms with Gasteiger partial charge in [-0.1, -0.05) is 17.7 Å². The molecule has 1 aliphatic heterocycles. The number of carbonyl (C=O) groups excluding carboxylic acids is 2. The number of cyclic esters (lactones) is 1. The fourth-order valence-corrected chi connectivity index (χ4v) is 1.91. The molecule has 0 aromatic heterocycles. The van der Waals surface area contributed by atoms with Crippen LogP contribution in [0, 0.1) is 6.92 Å². The third-order valence-electron chi connectivity index (χ3n) is 3.37. The van der Waals surface area contributed by atoms with Crippen LogP contribution in [0.1, 0.15) is 26.3 Å². The zero-order valence-corrected chi connectivity index (χ0v) is 11.5. The molecular weight excluding hydrogens is 242 g/mol. The molecule has 2 rings (SSSR count). The fourth-order valence-electron chi connectivity index (χ4n) is 1.91. The molecule has 1 amide bonds. The topological polar surface area (TPSA) is 55.4 Å². The number of ether oxygens (including phenoxy) is 1. The highest BCUT2D eigenvalue weighted by Crippen LogP contribution is 2.32. The lowest BCUT2D eigenvalue weighted by atomic mass is 9.97. The standard InChI is InChI=1S/C15H17NO3/c1-9-5-7-11(8-6-9)16-13(17)12-10(2)15(3,4)19-14(12)18/h5-8H,1-4H3,(H,16,17). The van der Waals surface area contributed by atoms with Gasteiger partial charge in [0.15, 0.2) is 0 Å². The first-order valence-corrected chi connectivity index (χ1v) is 6.14. The van der Waals surface area contributed by atoms with Gasteiger partial charge in [0.1, 0.15) is 11.2 Å². The summed E-state index contributed by atoms with van der Waals surface area (Å²) in [7, 11) is 0. The highest BCUT2D eigenvalue weighted by Gasteiger charge is 2.40. The maximum Gasteiger partial charge on any atom is 0.344 e. The number of rotatable bonds is 2. The molecule has 0 saturated heterocycles. The van der Waals surface area contributed by atoms with Crippen LogP contribution in [0.25, 0.3) is 0 Å². The molecule has 0 unspecified atom stereocenters. The molecule has 0 fully saturated rings. The van der Waals surface area contributed by atoms with E-state index in [4.69, 9.17) is 4.74 Å². The molecule has 0 aliphatic carbocycles. The number of hydrogen-bond donors (Lipinski definition) is 1. The number of benzene rings is 1. The third kappa shape index (κ3) is 2.52. The molecule has 100 valence electrons. The predicted molar refractivity (Wildman–Crippen MR) is 72.7 cm³/mol. The second kappa shape index (κ2) is 4.53. The van der Waals surface area contributed by atoms with E-state index in [1.165, 1.54) is 0 Å². The van der Waals surface area contributed by atoms with Gasteiger partial charge in [-0.25, -0.2) is 4.79 Å². The van der Waals surface area contributed by atoms with Crippen molar-refractivity contribution in [3.8, 4) is 0 Å². The van der Waals surface area contributed by atoms with Crippen molar-refractivity contribution >= 4 is 17.6 Å². The summed E-state index contributed by atoms with van der Waals surface area (Å²) in [5, 5.41) is 2.71. The lowest BCUT2D eigenvalue weighted by molar-refractivity contribution is -0.145. The Hall–Kier alpha value is -2.10. The quantitative estimate of drug-likeness (QED) is 0.656. The Labute approximate surface area is 112 Å². The fraction of sp³-hybridized carbons (Fsp3) is 0.333. The molecule has 1 aromatic carbocycles.